The van der Waals surface area contributed by atoms with E-state index in [1.807, 2.05) is 30.3 Å². The average Bonchev–Trinajstić information content (AvgIpc) is 2.45. The Labute approximate surface area is 111 Å². The molecule has 0 bridgehead atoms. The summed E-state index contributed by atoms with van der Waals surface area (Å²) in [7, 11) is -1.54. The molecule has 0 fully saturated rings. The van der Waals surface area contributed by atoms with Crippen LogP contribution >= 0.6 is 0 Å². The molecular formula is C13H14BNO4. The van der Waals surface area contributed by atoms with Gasteiger partial charge in [0.05, 0.1) is 6.20 Å². The predicted octanol–water partition coefficient (Wildman–Crippen LogP) is 0.219. The minimum absolute atomic E-state index is 0.293. The van der Waals surface area contributed by atoms with Crippen LogP contribution in [0.25, 0.3) is 0 Å². The highest BCUT2D eigenvalue weighted by Gasteiger charge is 2.11. The summed E-state index contributed by atoms with van der Waals surface area (Å²) in [5.74, 6) is 1.26. The minimum Gasteiger partial charge on any atom is -0.490 e. The summed E-state index contributed by atoms with van der Waals surface area (Å²) in [6, 6.07) is 11.0. The van der Waals surface area contributed by atoms with Crippen molar-refractivity contribution in [3.8, 4) is 11.5 Å². The van der Waals surface area contributed by atoms with Gasteiger partial charge in [-0.3, -0.25) is 4.98 Å². The molecule has 5 nitrogen and oxygen atoms in total. The highest BCUT2D eigenvalue weighted by Crippen LogP contribution is 2.09. The van der Waals surface area contributed by atoms with Crippen molar-refractivity contribution in [2.75, 3.05) is 13.2 Å². The van der Waals surface area contributed by atoms with Crippen LogP contribution in [-0.2, 0) is 0 Å². The summed E-state index contributed by atoms with van der Waals surface area (Å²) >= 11 is 0. The van der Waals surface area contributed by atoms with E-state index in [0.717, 1.165) is 5.75 Å². The zero-order valence-corrected chi connectivity index (χ0v) is 10.3. The normalized spacial score (nSPS) is 10.0. The second-order valence-electron chi connectivity index (χ2n) is 3.84. The van der Waals surface area contributed by atoms with Gasteiger partial charge in [0.1, 0.15) is 24.7 Å². The summed E-state index contributed by atoms with van der Waals surface area (Å²) in [5, 5.41) is 18.0. The van der Waals surface area contributed by atoms with E-state index in [-0.39, 0.29) is 0 Å². The Balaban J connectivity index is 1.78. The number of rotatable bonds is 6. The highest BCUT2D eigenvalue weighted by molar-refractivity contribution is 6.58. The third-order valence-electron chi connectivity index (χ3n) is 2.40. The molecule has 0 saturated heterocycles. The number of hydrogen-bond donors (Lipinski definition) is 2. The lowest BCUT2D eigenvalue weighted by atomic mass is 9.82. The van der Waals surface area contributed by atoms with Crippen LogP contribution in [0.5, 0.6) is 11.5 Å². The van der Waals surface area contributed by atoms with Gasteiger partial charge in [-0.25, -0.2) is 0 Å². The molecule has 0 aliphatic carbocycles. The Hall–Kier alpha value is -2.05. The fraction of sp³-hybridized carbons (Fsp3) is 0.154. The van der Waals surface area contributed by atoms with Crippen molar-refractivity contribution in [2.45, 2.75) is 0 Å². The van der Waals surface area contributed by atoms with Crippen molar-refractivity contribution in [1.82, 2.24) is 4.98 Å². The van der Waals surface area contributed by atoms with Crippen molar-refractivity contribution in [2.24, 2.45) is 0 Å². The summed E-state index contributed by atoms with van der Waals surface area (Å²) in [6.07, 6.45) is 2.88. The quantitative estimate of drug-likeness (QED) is 0.573. The molecule has 1 aromatic carbocycles. The average molecular weight is 259 g/mol. The molecule has 0 saturated carbocycles. The molecule has 98 valence electrons. The minimum atomic E-state index is -1.54. The van der Waals surface area contributed by atoms with Gasteiger partial charge in [-0.05, 0) is 18.2 Å². The molecule has 19 heavy (non-hydrogen) atoms. The van der Waals surface area contributed by atoms with Gasteiger partial charge in [0.25, 0.3) is 0 Å². The Bertz CT molecular complexity index is 507. The summed E-state index contributed by atoms with van der Waals surface area (Å²) in [6.45, 7) is 0.747. The van der Waals surface area contributed by atoms with Crippen LogP contribution in [0.4, 0.5) is 0 Å². The smallest absolute Gasteiger partial charge is 0.490 e. The number of hydrogen-bond acceptors (Lipinski definition) is 5. The molecule has 0 radical (unpaired) electrons. The second kappa shape index (κ2) is 6.77. The molecular weight excluding hydrogens is 245 g/mol. The summed E-state index contributed by atoms with van der Waals surface area (Å²) < 4.78 is 10.9. The molecule has 0 aliphatic heterocycles. The van der Waals surface area contributed by atoms with Gasteiger partial charge in [-0.15, -0.1) is 0 Å². The first kappa shape index (κ1) is 13.4. The molecule has 0 unspecified atom stereocenters. The molecule has 2 aromatic rings. The van der Waals surface area contributed by atoms with Gasteiger partial charge in [-0.1, -0.05) is 18.2 Å². The molecule has 1 heterocycles. The Morgan fingerprint density at radius 3 is 2.32 bits per heavy atom. The Kier molecular flexibility index (Phi) is 4.77. The van der Waals surface area contributed by atoms with Crippen molar-refractivity contribution >= 4 is 12.6 Å². The summed E-state index contributed by atoms with van der Waals surface area (Å²) in [4.78, 5) is 3.86. The van der Waals surface area contributed by atoms with Gasteiger partial charge in [0.15, 0.2) is 0 Å². The summed E-state index contributed by atoms with van der Waals surface area (Å²) in [5.41, 5.74) is 0.293. The molecule has 0 aliphatic rings. The first-order valence-corrected chi connectivity index (χ1v) is 5.87. The topological polar surface area (TPSA) is 71.8 Å². The molecule has 0 amide bonds. The Morgan fingerprint density at radius 1 is 0.947 bits per heavy atom. The zero-order valence-electron chi connectivity index (χ0n) is 10.3. The van der Waals surface area contributed by atoms with Gasteiger partial charge in [0, 0.05) is 11.7 Å². The van der Waals surface area contributed by atoms with E-state index < -0.39 is 7.12 Å². The Morgan fingerprint density at radius 2 is 1.63 bits per heavy atom. The van der Waals surface area contributed by atoms with E-state index in [9.17, 15) is 0 Å². The lowest BCUT2D eigenvalue weighted by molar-refractivity contribution is 0.216. The monoisotopic (exact) mass is 259 g/mol. The van der Waals surface area contributed by atoms with E-state index >= 15 is 0 Å². The van der Waals surface area contributed by atoms with Crippen LogP contribution in [0.15, 0.2) is 48.8 Å². The number of para-hydroxylation sites is 1. The lowest BCUT2D eigenvalue weighted by Crippen LogP contribution is -2.30. The van der Waals surface area contributed by atoms with Gasteiger partial charge in [0.2, 0.25) is 0 Å². The molecule has 2 rings (SSSR count). The third-order valence-corrected chi connectivity index (χ3v) is 2.40. The molecule has 2 N–H and O–H groups in total. The zero-order chi connectivity index (χ0) is 13.5. The second-order valence-corrected chi connectivity index (χ2v) is 3.84. The maximum atomic E-state index is 9.00. The third kappa shape index (κ3) is 4.28. The van der Waals surface area contributed by atoms with Crippen LogP contribution in [0.3, 0.4) is 0 Å². The molecule has 6 heteroatoms. The van der Waals surface area contributed by atoms with Crippen molar-refractivity contribution in [3.05, 3.63) is 48.8 Å². The van der Waals surface area contributed by atoms with Crippen molar-refractivity contribution in [3.63, 3.8) is 0 Å². The molecule has 1 aromatic heterocycles. The van der Waals surface area contributed by atoms with Crippen LogP contribution in [0.1, 0.15) is 0 Å². The van der Waals surface area contributed by atoms with Gasteiger partial charge in [-0.2, -0.15) is 0 Å². The van der Waals surface area contributed by atoms with Gasteiger partial charge < -0.3 is 19.5 Å². The van der Waals surface area contributed by atoms with E-state index in [1.54, 1.807) is 0 Å². The standard InChI is InChI=1S/C13H14BNO4/c16-14(17)11-8-13(10-15-9-11)19-7-6-18-12-4-2-1-3-5-12/h1-5,8-10,16-17H,6-7H2. The number of benzene rings is 1. The van der Waals surface area contributed by atoms with Crippen LogP contribution in [0, 0.1) is 0 Å². The van der Waals surface area contributed by atoms with Gasteiger partial charge >= 0.3 is 7.12 Å². The van der Waals surface area contributed by atoms with E-state index in [4.69, 9.17) is 19.5 Å². The maximum absolute atomic E-state index is 9.00. The lowest BCUT2D eigenvalue weighted by Gasteiger charge is -2.08. The fourth-order valence-corrected chi connectivity index (χ4v) is 1.49. The largest absolute Gasteiger partial charge is 0.490 e. The van der Waals surface area contributed by atoms with E-state index in [1.165, 1.54) is 18.5 Å². The number of nitrogens with zero attached hydrogens (tertiary/aromatic N) is 1. The van der Waals surface area contributed by atoms with Crippen LogP contribution in [-0.4, -0.2) is 35.4 Å². The predicted molar refractivity (Wildman–Crippen MR) is 71.5 cm³/mol. The van der Waals surface area contributed by atoms with Crippen LogP contribution < -0.4 is 14.9 Å². The number of aromatic nitrogens is 1. The van der Waals surface area contributed by atoms with E-state index in [0.29, 0.717) is 24.4 Å². The number of ether oxygens (including phenoxy) is 2. The van der Waals surface area contributed by atoms with E-state index in [2.05, 4.69) is 4.98 Å². The molecule has 0 atom stereocenters. The first-order valence-electron chi connectivity index (χ1n) is 5.87. The van der Waals surface area contributed by atoms with Crippen molar-refractivity contribution in [1.29, 1.82) is 0 Å². The fourth-order valence-electron chi connectivity index (χ4n) is 1.49. The highest BCUT2D eigenvalue weighted by atomic mass is 16.5. The SMILES string of the molecule is OB(O)c1cncc(OCCOc2ccccc2)c1. The number of pyridine rings is 1. The maximum Gasteiger partial charge on any atom is 0.490 e. The van der Waals surface area contributed by atoms with Crippen molar-refractivity contribution < 1.29 is 19.5 Å². The molecule has 0 spiro atoms. The van der Waals surface area contributed by atoms with Crippen LogP contribution in [0.2, 0.25) is 0 Å². The first-order chi connectivity index (χ1) is 9.25.